The number of aliphatic carboxylic acids is 1. The Morgan fingerprint density at radius 1 is 1.11 bits per heavy atom. The number of fused-ring (bicyclic) bond motifs is 3. The Morgan fingerprint density at radius 3 is 2.30 bits per heavy atom. The molecular weight excluding hydrogens is 346 g/mol. The SMILES string of the molecule is O=C(NC(C(=O)O)c1cnc[nH]1)OCC1c2ccccc2-c2ccccc21. The minimum absolute atomic E-state index is 0.0846. The summed E-state index contributed by atoms with van der Waals surface area (Å²) in [6.07, 6.45) is 1.91. The number of aromatic nitrogens is 2. The standard InChI is InChI=1S/C20H17N3O4/c24-19(25)18(17-9-21-11-22-17)23-20(26)27-10-16-14-7-3-1-5-12(14)13-6-2-4-8-15(13)16/h1-9,11,16,18H,10H2,(H,21,22)(H,23,26)(H,24,25). The average molecular weight is 363 g/mol. The van der Waals surface area contributed by atoms with Gasteiger partial charge in [0.25, 0.3) is 0 Å². The van der Waals surface area contributed by atoms with Crippen molar-refractivity contribution in [3.8, 4) is 11.1 Å². The van der Waals surface area contributed by atoms with Crippen molar-refractivity contribution in [1.29, 1.82) is 0 Å². The van der Waals surface area contributed by atoms with E-state index >= 15 is 0 Å². The molecule has 7 nitrogen and oxygen atoms in total. The molecule has 0 fully saturated rings. The number of H-pyrrole nitrogens is 1. The summed E-state index contributed by atoms with van der Waals surface area (Å²) in [5, 5.41) is 11.7. The molecule has 3 N–H and O–H groups in total. The average Bonchev–Trinajstić information content (AvgIpc) is 3.31. The van der Waals surface area contributed by atoms with Crippen LogP contribution in [0.4, 0.5) is 4.79 Å². The highest BCUT2D eigenvalue weighted by molar-refractivity contribution is 5.81. The molecule has 0 saturated heterocycles. The zero-order valence-corrected chi connectivity index (χ0v) is 14.3. The molecule has 1 aromatic heterocycles. The number of carboxylic acid groups (broad SMARTS) is 1. The third kappa shape index (κ3) is 3.15. The van der Waals surface area contributed by atoms with Crippen molar-refractivity contribution >= 4 is 12.1 Å². The van der Waals surface area contributed by atoms with E-state index in [9.17, 15) is 14.7 Å². The lowest BCUT2D eigenvalue weighted by Crippen LogP contribution is -2.35. The fourth-order valence-electron chi connectivity index (χ4n) is 3.45. The Kier molecular flexibility index (Phi) is 4.33. The van der Waals surface area contributed by atoms with Gasteiger partial charge in [0.15, 0.2) is 6.04 Å². The Balaban J connectivity index is 1.49. The molecule has 1 aliphatic carbocycles. The van der Waals surface area contributed by atoms with E-state index in [2.05, 4.69) is 15.3 Å². The molecule has 1 heterocycles. The summed E-state index contributed by atoms with van der Waals surface area (Å²) >= 11 is 0. The number of carboxylic acids is 1. The van der Waals surface area contributed by atoms with Crippen LogP contribution in [0.3, 0.4) is 0 Å². The first kappa shape index (κ1) is 16.8. The Hall–Kier alpha value is -3.61. The number of imidazole rings is 1. The van der Waals surface area contributed by atoms with E-state index in [0.717, 1.165) is 22.3 Å². The van der Waals surface area contributed by atoms with Crippen LogP contribution >= 0.6 is 0 Å². The van der Waals surface area contributed by atoms with Crippen molar-refractivity contribution in [2.45, 2.75) is 12.0 Å². The molecule has 27 heavy (non-hydrogen) atoms. The first-order valence-corrected chi connectivity index (χ1v) is 8.47. The number of hydrogen-bond acceptors (Lipinski definition) is 4. The first-order valence-electron chi connectivity index (χ1n) is 8.47. The number of aromatic amines is 1. The van der Waals surface area contributed by atoms with Gasteiger partial charge in [0, 0.05) is 5.92 Å². The number of alkyl carbamates (subject to hydrolysis) is 1. The van der Waals surface area contributed by atoms with Gasteiger partial charge < -0.3 is 20.1 Å². The molecule has 0 saturated carbocycles. The maximum absolute atomic E-state index is 12.2. The molecule has 2 aromatic carbocycles. The number of benzene rings is 2. The van der Waals surface area contributed by atoms with Gasteiger partial charge in [-0.05, 0) is 22.3 Å². The summed E-state index contributed by atoms with van der Waals surface area (Å²) in [4.78, 5) is 30.1. The number of nitrogens with zero attached hydrogens (tertiary/aromatic N) is 1. The van der Waals surface area contributed by atoms with Gasteiger partial charge in [0.1, 0.15) is 6.61 Å². The minimum atomic E-state index is -1.25. The summed E-state index contributed by atoms with van der Waals surface area (Å²) < 4.78 is 5.37. The summed E-state index contributed by atoms with van der Waals surface area (Å²) in [6.45, 7) is 0.120. The molecule has 0 spiro atoms. The van der Waals surface area contributed by atoms with Gasteiger partial charge in [-0.25, -0.2) is 14.6 Å². The summed E-state index contributed by atoms with van der Waals surface area (Å²) in [5.41, 5.74) is 4.71. The van der Waals surface area contributed by atoms with E-state index in [1.54, 1.807) is 0 Å². The van der Waals surface area contributed by atoms with Crippen LogP contribution < -0.4 is 5.32 Å². The molecule has 136 valence electrons. The third-order valence-electron chi connectivity index (χ3n) is 4.68. The van der Waals surface area contributed by atoms with Crippen LogP contribution in [-0.2, 0) is 9.53 Å². The van der Waals surface area contributed by atoms with E-state index in [0.29, 0.717) is 0 Å². The maximum Gasteiger partial charge on any atom is 0.408 e. The minimum Gasteiger partial charge on any atom is -0.479 e. The van der Waals surface area contributed by atoms with Crippen LogP contribution in [0, 0.1) is 0 Å². The summed E-state index contributed by atoms with van der Waals surface area (Å²) in [5.74, 6) is -1.29. The second kappa shape index (κ2) is 6.95. The molecule has 3 aromatic rings. The van der Waals surface area contributed by atoms with Gasteiger partial charge in [-0.2, -0.15) is 0 Å². The van der Waals surface area contributed by atoms with Crippen LogP contribution in [0.25, 0.3) is 11.1 Å². The van der Waals surface area contributed by atoms with Crippen LogP contribution in [0.2, 0.25) is 0 Å². The second-order valence-corrected chi connectivity index (χ2v) is 6.25. The first-order chi connectivity index (χ1) is 13.1. The Labute approximate surface area is 155 Å². The normalized spacial score (nSPS) is 13.5. The third-order valence-corrected chi connectivity index (χ3v) is 4.68. The number of nitrogens with one attached hydrogen (secondary N) is 2. The Bertz CT molecular complexity index is 939. The number of hydrogen-bond donors (Lipinski definition) is 3. The highest BCUT2D eigenvalue weighted by atomic mass is 16.5. The lowest BCUT2D eigenvalue weighted by Gasteiger charge is -2.16. The van der Waals surface area contributed by atoms with Crippen molar-refractivity contribution in [2.75, 3.05) is 6.61 Å². The highest BCUT2D eigenvalue weighted by Gasteiger charge is 2.30. The predicted octanol–water partition coefficient (Wildman–Crippen LogP) is 3.07. The quantitative estimate of drug-likeness (QED) is 0.646. The smallest absolute Gasteiger partial charge is 0.408 e. The zero-order valence-electron chi connectivity index (χ0n) is 14.3. The monoisotopic (exact) mass is 363 g/mol. The molecule has 0 radical (unpaired) electrons. The highest BCUT2D eigenvalue weighted by Crippen LogP contribution is 2.44. The number of carbonyl (C=O) groups is 2. The largest absolute Gasteiger partial charge is 0.479 e. The van der Waals surface area contributed by atoms with Crippen LogP contribution in [0.5, 0.6) is 0 Å². The van der Waals surface area contributed by atoms with Crippen LogP contribution in [0.1, 0.15) is 28.8 Å². The molecule has 4 rings (SSSR count). The van der Waals surface area contributed by atoms with Crippen molar-refractivity contribution < 1.29 is 19.4 Å². The molecule has 1 atom stereocenters. The molecule has 7 heteroatoms. The van der Waals surface area contributed by atoms with Gasteiger partial charge in [0.2, 0.25) is 0 Å². The molecule has 1 amide bonds. The number of carbonyl (C=O) groups excluding carboxylic acids is 1. The van der Waals surface area contributed by atoms with Crippen molar-refractivity contribution in [1.82, 2.24) is 15.3 Å². The van der Waals surface area contributed by atoms with E-state index in [-0.39, 0.29) is 18.2 Å². The van der Waals surface area contributed by atoms with Gasteiger partial charge in [-0.1, -0.05) is 48.5 Å². The second-order valence-electron chi connectivity index (χ2n) is 6.25. The number of ether oxygens (including phenoxy) is 1. The lowest BCUT2D eigenvalue weighted by molar-refractivity contribution is -0.139. The summed E-state index contributed by atoms with van der Waals surface area (Å²) in [7, 11) is 0. The Morgan fingerprint density at radius 2 is 1.74 bits per heavy atom. The lowest BCUT2D eigenvalue weighted by atomic mass is 9.98. The van der Waals surface area contributed by atoms with Gasteiger partial charge in [-0.3, -0.25) is 0 Å². The molecule has 0 bridgehead atoms. The van der Waals surface area contributed by atoms with E-state index in [1.807, 2.05) is 48.5 Å². The molecule has 1 unspecified atom stereocenters. The molecular formula is C20H17N3O4. The van der Waals surface area contributed by atoms with Crippen molar-refractivity contribution in [2.24, 2.45) is 0 Å². The zero-order chi connectivity index (χ0) is 18.8. The number of amides is 1. The van der Waals surface area contributed by atoms with Crippen LogP contribution in [-0.4, -0.2) is 33.7 Å². The van der Waals surface area contributed by atoms with E-state index in [4.69, 9.17) is 4.74 Å². The topological polar surface area (TPSA) is 104 Å². The number of rotatable bonds is 5. The molecule has 0 aliphatic heterocycles. The fourth-order valence-corrected chi connectivity index (χ4v) is 3.45. The van der Waals surface area contributed by atoms with Gasteiger partial charge in [0.05, 0.1) is 18.2 Å². The van der Waals surface area contributed by atoms with Crippen LogP contribution in [0.15, 0.2) is 61.1 Å². The predicted molar refractivity (Wildman–Crippen MR) is 97.2 cm³/mol. The molecule has 1 aliphatic rings. The van der Waals surface area contributed by atoms with Crippen molar-refractivity contribution in [3.63, 3.8) is 0 Å². The van der Waals surface area contributed by atoms with E-state index < -0.39 is 18.1 Å². The van der Waals surface area contributed by atoms with E-state index in [1.165, 1.54) is 12.5 Å². The van der Waals surface area contributed by atoms with Crippen molar-refractivity contribution in [3.05, 3.63) is 77.9 Å². The fraction of sp³-hybridized carbons (Fsp3) is 0.150. The van der Waals surface area contributed by atoms with Gasteiger partial charge in [-0.15, -0.1) is 0 Å². The van der Waals surface area contributed by atoms with Gasteiger partial charge >= 0.3 is 12.1 Å². The maximum atomic E-state index is 12.2. The summed E-state index contributed by atoms with van der Waals surface area (Å²) in [6, 6.07) is 14.8.